The highest BCUT2D eigenvalue weighted by atomic mass is 16.5. The Balaban J connectivity index is 0.00000320. The molecule has 1 aromatic carbocycles. The van der Waals surface area contributed by atoms with E-state index in [1.807, 2.05) is 18.2 Å². The van der Waals surface area contributed by atoms with Crippen LogP contribution >= 0.6 is 0 Å². The highest BCUT2D eigenvalue weighted by Gasteiger charge is 2.24. The van der Waals surface area contributed by atoms with Crippen molar-refractivity contribution >= 4 is 17.0 Å². The first-order valence-corrected chi connectivity index (χ1v) is 10.1. The van der Waals surface area contributed by atoms with Crippen LogP contribution < -0.4 is 5.73 Å². The third-order valence-corrected chi connectivity index (χ3v) is 4.72. The minimum atomic E-state index is -0.261. The summed E-state index contributed by atoms with van der Waals surface area (Å²) in [6.45, 7) is 9.45. The van der Waals surface area contributed by atoms with Crippen molar-refractivity contribution in [2.45, 2.75) is 72.3 Å². The summed E-state index contributed by atoms with van der Waals surface area (Å²) in [5.74, 6) is 0.400. The van der Waals surface area contributed by atoms with Gasteiger partial charge in [0.15, 0.2) is 11.5 Å². The molecule has 0 aliphatic carbocycles. The third kappa shape index (κ3) is 6.24. The van der Waals surface area contributed by atoms with E-state index in [0.717, 1.165) is 24.1 Å². The summed E-state index contributed by atoms with van der Waals surface area (Å²) in [5.41, 5.74) is 8.23. The molecule has 2 aromatic heterocycles. The standard InChI is InChI=1S/C22H31N5O2.CH4/c1-5-17(27-15-26-19-20(23)24-14-25-21(19)27)11-18(29-22(2,3)4)13-28-12-16-9-7-6-8-10-16;/h6-10,14-15,17-18H,5,11-13H2,1-4H3,(H2,23,24,25);1H4/t17?,18-;/m0./s1. The lowest BCUT2D eigenvalue weighted by Gasteiger charge is -2.30. The summed E-state index contributed by atoms with van der Waals surface area (Å²) in [5, 5.41) is 0. The van der Waals surface area contributed by atoms with Crippen molar-refractivity contribution in [3.05, 3.63) is 48.5 Å². The van der Waals surface area contributed by atoms with Crippen LogP contribution in [-0.4, -0.2) is 37.8 Å². The maximum Gasteiger partial charge on any atom is 0.165 e. The van der Waals surface area contributed by atoms with Gasteiger partial charge in [0, 0.05) is 6.04 Å². The van der Waals surface area contributed by atoms with Crippen molar-refractivity contribution in [3.8, 4) is 0 Å². The van der Waals surface area contributed by atoms with Gasteiger partial charge in [-0.1, -0.05) is 44.7 Å². The Morgan fingerprint density at radius 2 is 1.83 bits per heavy atom. The van der Waals surface area contributed by atoms with Crippen LogP contribution in [0.2, 0.25) is 0 Å². The Hall–Kier alpha value is -2.51. The second-order valence-corrected chi connectivity index (χ2v) is 8.23. The van der Waals surface area contributed by atoms with Gasteiger partial charge in [-0.2, -0.15) is 0 Å². The Kier molecular flexibility index (Phi) is 8.32. The van der Waals surface area contributed by atoms with E-state index in [2.05, 4.69) is 59.3 Å². The van der Waals surface area contributed by atoms with Crippen molar-refractivity contribution < 1.29 is 9.47 Å². The fourth-order valence-corrected chi connectivity index (χ4v) is 3.45. The molecule has 7 nitrogen and oxygen atoms in total. The molecule has 164 valence electrons. The van der Waals surface area contributed by atoms with Crippen molar-refractivity contribution in [2.24, 2.45) is 0 Å². The lowest BCUT2D eigenvalue weighted by molar-refractivity contribution is -0.102. The maximum atomic E-state index is 6.33. The lowest BCUT2D eigenvalue weighted by atomic mass is 10.1. The zero-order valence-corrected chi connectivity index (χ0v) is 17.7. The van der Waals surface area contributed by atoms with Crippen LogP contribution in [0.25, 0.3) is 11.2 Å². The summed E-state index contributed by atoms with van der Waals surface area (Å²) in [7, 11) is 0. The number of aromatic nitrogens is 4. The summed E-state index contributed by atoms with van der Waals surface area (Å²) < 4.78 is 14.4. The number of nitrogens with two attached hydrogens (primary N) is 1. The minimum absolute atomic E-state index is 0. The average Bonchev–Trinajstić information content (AvgIpc) is 3.11. The van der Waals surface area contributed by atoms with Crippen molar-refractivity contribution in [3.63, 3.8) is 0 Å². The predicted molar refractivity (Wildman–Crippen MR) is 121 cm³/mol. The second-order valence-electron chi connectivity index (χ2n) is 8.23. The number of rotatable bonds is 9. The molecule has 0 aliphatic rings. The van der Waals surface area contributed by atoms with Crippen LogP contribution in [0, 0.1) is 0 Å². The molecule has 0 spiro atoms. The first kappa shape index (κ1) is 23.8. The number of ether oxygens (including phenoxy) is 2. The molecule has 0 bridgehead atoms. The Bertz CT molecular complexity index is 905. The highest BCUT2D eigenvalue weighted by molar-refractivity contribution is 5.81. The van der Waals surface area contributed by atoms with E-state index in [1.165, 1.54) is 6.33 Å². The number of hydrogen-bond donors (Lipinski definition) is 1. The van der Waals surface area contributed by atoms with Gasteiger partial charge in [0.2, 0.25) is 0 Å². The van der Waals surface area contributed by atoms with Gasteiger partial charge in [-0.25, -0.2) is 15.0 Å². The molecule has 0 radical (unpaired) electrons. The highest BCUT2D eigenvalue weighted by Crippen LogP contribution is 2.27. The van der Waals surface area contributed by atoms with Crippen LogP contribution in [0.1, 0.15) is 59.6 Å². The van der Waals surface area contributed by atoms with Gasteiger partial charge in [-0.15, -0.1) is 0 Å². The number of benzene rings is 1. The van der Waals surface area contributed by atoms with Crippen molar-refractivity contribution in [1.82, 2.24) is 19.5 Å². The number of imidazole rings is 1. The quantitative estimate of drug-likeness (QED) is 0.543. The Morgan fingerprint density at radius 3 is 2.50 bits per heavy atom. The summed E-state index contributed by atoms with van der Waals surface area (Å²) in [6, 6.07) is 10.3. The number of nitrogens with zero attached hydrogens (tertiary/aromatic N) is 4. The zero-order chi connectivity index (χ0) is 20.9. The second kappa shape index (κ2) is 10.5. The van der Waals surface area contributed by atoms with E-state index in [9.17, 15) is 0 Å². The van der Waals surface area contributed by atoms with Crippen LogP contribution in [0.3, 0.4) is 0 Å². The van der Waals surface area contributed by atoms with Gasteiger partial charge in [-0.05, 0) is 39.2 Å². The molecule has 2 atom stereocenters. The Labute approximate surface area is 179 Å². The van der Waals surface area contributed by atoms with Gasteiger partial charge >= 0.3 is 0 Å². The molecule has 2 N–H and O–H groups in total. The molecule has 0 amide bonds. The largest absolute Gasteiger partial charge is 0.382 e. The normalized spacial score (nSPS) is 13.7. The summed E-state index contributed by atoms with van der Waals surface area (Å²) in [6.07, 6.45) is 4.92. The first-order valence-electron chi connectivity index (χ1n) is 10.1. The Morgan fingerprint density at radius 1 is 1.10 bits per heavy atom. The molecule has 0 fully saturated rings. The maximum absolute atomic E-state index is 6.33. The zero-order valence-electron chi connectivity index (χ0n) is 17.7. The molecule has 30 heavy (non-hydrogen) atoms. The molecular formula is C23H35N5O2. The number of hydrogen-bond acceptors (Lipinski definition) is 6. The minimum Gasteiger partial charge on any atom is -0.382 e. The molecule has 2 heterocycles. The summed E-state index contributed by atoms with van der Waals surface area (Å²) in [4.78, 5) is 12.8. The van der Waals surface area contributed by atoms with E-state index in [4.69, 9.17) is 15.2 Å². The van der Waals surface area contributed by atoms with Crippen molar-refractivity contribution in [1.29, 1.82) is 0 Å². The monoisotopic (exact) mass is 413 g/mol. The molecular weight excluding hydrogens is 378 g/mol. The topological polar surface area (TPSA) is 88.1 Å². The van der Waals surface area contributed by atoms with Gasteiger partial charge < -0.3 is 19.8 Å². The number of nitrogen functional groups attached to an aromatic ring is 1. The van der Waals surface area contributed by atoms with Crippen LogP contribution in [0.5, 0.6) is 0 Å². The molecule has 3 aromatic rings. The van der Waals surface area contributed by atoms with E-state index in [0.29, 0.717) is 24.5 Å². The molecule has 0 saturated carbocycles. The van der Waals surface area contributed by atoms with Gasteiger partial charge in [0.1, 0.15) is 11.8 Å². The van der Waals surface area contributed by atoms with E-state index < -0.39 is 0 Å². The SMILES string of the molecule is C.CCC(C[C@@H](COCc1ccccc1)OC(C)(C)C)n1cnc2c(N)ncnc21. The predicted octanol–water partition coefficient (Wildman–Crippen LogP) is 4.79. The van der Waals surface area contributed by atoms with E-state index in [1.54, 1.807) is 6.33 Å². The van der Waals surface area contributed by atoms with Crippen LogP contribution in [0.15, 0.2) is 43.0 Å². The molecule has 7 heteroatoms. The first-order chi connectivity index (χ1) is 13.9. The van der Waals surface area contributed by atoms with Gasteiger partial charge in [0.05, 0.1) is 31.2 Å². The van der Waals surface area contributed by atoms with E-state index >= 15 is 0 Å². The van der Waals surface area contributed by atoms with Gasteiger partial charge in [0.25, 0.3) is 0 Å². The number of fused-ring (bicyclic) bond motifs is 1. The molecule has 0 aliphatic heterocycles. The molecule has 3 rings (SSSR count). The van der Waals surface area contributed by atoms with E-state index in [-0.39, 0.29) is 25.2 Å². The average molecular weight is 414 g/mol. The fourth-order valence-electron chi connectivity index (χ4n) is 3.45. The number of anilines is 1. The fraction of sp³-hybridized carbons (Fsp3) is 0.522. The lowest BCUT2D eigenvalue weighted by Crippen LogP contribution is -2.33. The smallest absolute Gasteiger partial charge is 0.165 e. The molecule has 1 unspecified atom stereocenters. The summed E-state index contributed by atoms with van der Waals surface area (Å²) >= 11 is 0. The van der Waals surface area contributed by atoms with Gasteiger partial charge in [-0.3, -0.25) is 0 Å². The van der Waals surface area contributed by atoms with Crippen LogP contribution in [0.4, 0.5) is 5.82 Å². The van der Waals surface area contributed by atoms with Crippen molar-refractivity contribution in [2.75, 3.05) is 12.3 Å². The molecule has 0 saturated heterocycles. The third-order valence-electron chi connectivity index (χ3n) is 4.72. The van der Waals surface area contributed by atoms with Crippen LogP contribution in [-0.2, 0) is 16.1 Å².